The zero-order chi connectivity index (χ0) is 18.1. The van der Waals surface area contributed by atoms with Crippen LogP contribution in [0, 0.1) is 6.92 Å². The average Bonchev–Trinajstić information content (AvgIpc) is 3.44. The minimum absolute atomic E-state index is 0.0441. The third-order valence-electron chi connectivity index (χ3n) is 5.15. The van der Waals surface area contributed by atoms with E-state index in [1.165, 1.54) is 22.3 Å². The van der Waals surface area contributed by atoms with Crippen LogP contribution in [0.15, 0.2) is 60.9 Å². The molecule has 0 bridgehead atoms. The number of rotatable bonds is 5. The molecule has 3 aromatic rings. The number of aryl methyl sites for hydroxylation is 1. The summed E-state index contributed by atoms with van der Waals surface area (Å²) in [7, 11) is 0. The van der Waals surface area contributed by atoms with Gasteiger partial charge in [0.2, 0.25) is 0 Å². The Bertz CT molecular complexity index is 948. The highest BCUT2D eigenvalue weighted by atomic mass is 35.5. The smallest absolute Gasteiger partial charge is 0.0460 e. The van der Waals surface area contributed by atoms with Crippen molar-refractivity contribution in [3.63, 3.8) is 0 Å². The number of aromatic nitrogens is 1. The molecule has 1 aliphatic rings. The Morgan fingerprint density at radius 1 is 1.04 bits per heavy atom. The molecule has 0 atom stereocenters. The molecule has 1 heterocycles. The lowest BCUT2D eigenvalue weighted by atomic mass is 9.92. The highest BCUT2D eigenvalue weighted by Gasteiger charge is 2.45. The maximum atomic E-state index is 6.33. The van der Waals surface area contributed by atoms with Gasteiger partial charge in [0, 0.05) is 34.5 Å². The molecule has 1 saturated carbocycles. The molecular formula is C22H20Cl2N2. The van der Waals surface area contributed by atoms with Gasteiger partial charge in [-0.3, -0.25) is 4.98 Å². The summed E-state index contributed by atoms with van der Waals surface area (Å²) in [4.78, 5) is 4.41. The maximum absolute atomic E-state index is 6.33. The second-order valence-electron chi connectivity index (χ2n) is 6.91. The summed E-state index contributed by atoms with van der Waals surface area (Å²) in [5.74, 6) is 0. The van der Waals surface area contributed by atoms with Crippen molar-refractivity contribution in [3.05, 3.63) is 87.7 Å². The van der Waals surface area contributed by atoms with Crippen molar-refractivity contribution in [1.29, 1.82) is 0 Å². The van der Waals surface area contributed by atoms with Gasteiger partial charge in [-0.1, -0.05) is 47.5 Å². The van der Waals surface area contributed by atoms with E-state index < -0.39 is 0 Å². The quantitative estimate of drug-likeness (QED) is 0.572. The van der Waals surface area contributed by atoms with Gasteiger partial charge in [-0.15, -0.1) is 0 Å². The van der Waals surface area contributed by atoms with Crippen LogP contribution >= 0.6 is 23.2 Å². The Kier molecular flexibility index (Phi) is 4.74. The molecule has 2 nitrogen and oxygen atoms in total. The number of benzene rings is 2. The van der Waals surface area contributed by atoms with Crippen molar-refractivity contribution in [2.75, 3.05) is 0 Å². The second-order valence-corrected chi connectivity index (χ2v) is 7.75. The molecule has 132 valence electrons. The van der Waals surface area contributed by atoms with Gasteiger partial charge in [0.05, 0.1) is 0 Å². The summed E-state index contributed by atoms with van der Waals surface area (Å²) in [5.41, 5.74) is 6.02. The van der Waals surface area contributed by atoms with Crippen LogP contribution in [-0.4, -0.2) is 4.98 Å². The topological polar surface area (TPSA) is 24.9 Å². The zero-order valence-corrected chi connectivity index (χ0v) is 16.1. The zero-order valence-electron chi connectivity index (χ0n) is 14.6. The first-order chi connectivity index (χ1) is 12.6. The first kappa shape index (κ1) is 17.5. The highest BCUT2D eigenvalue weighted by Crippen LogP contribution is 2.49. The lowest BCUT2D eigenvalue weighted by Gasteiger charge is -2.22. The molecule has 4 heteroatoms. The minimum Gasteiger partial charge on any atom is -0.303 e. The van der Waals surface area contributed by atoms with Crippen LogP contribution < -0.4 is 5.32 Å². The second kappa shape index (κ2) is 7.03. The van der Waals surface area contributed by atoms with Crippen molar-refractivity contribution in [2.45, 2.75) is 31.8 Å². The van der Waals surface area contributed by atoms with Crippen molar-refractivity contribution in [2.24, 2.45) is 0 Å². The molecule has 0 spiro atoms. The van der Waals surface area contributed by atoms with Crippen LogP contribution in [0.1, 0.15) is 29.5 Å². The number of nitrogens with one attached hydrogen (secondary N) is 1. The lowest BCUT2D eigenvalue weighted by Crippen LogP contribution is -2.29. The predicted octanol–water partition coefficient (Wildman–Crippen LogP) is 6.14. The number of halogens is 2. The van der Waals surface area contributed by atoms with Crippen LogP contribution in [0.2, 0.25) is 10.0 Å². The molecule has 4 rings (SSSR count). The van der Waals surface area contributed by atoms with Gasteiger partial charge in [0.25, 0.3) is 0 Å². The highest BCUT2D eigenvalue weighted by molar-refractivity contribution is 6.33. The number of nitrogens with zero attached hydrogens (tertiary/aromatic N) is 1. The maximum Gasteiger partial charge on any atom is 0.0460 e. The van der Waals surface area contributed by atoms with Crippen molar-refractivity contribution in [3.8, 4) is 11.1 Å². The molecule has 0 amide bonds. The van der Waals surface area contributed by atoms with E-state index in [0.29, 0.717) is 11.6 Å². The first-order valence-corrected chi connectivity index (χ1v) is 9.54. The van der Waals surface area contributed by atoms with Gasteiger partial charge in [0.1, 0.15) is 0 Å². The van der Waals surface area contributed by atoms with E-state index in [4.69, 9.17) is 23.2 Å². The molecular weight excluding hydrogens is 363 g/mol. The van der Waals surface area contributed by atoms with E-state index in [9.17, 15) is 0 Å². The van der Waals surface area contributed by atoms with Crippen LogP contribution in [0.25, 0.3) is 11.1 Å². The molecule has 0 aliphatic heterocycles. The molecule has 1 N–H and O–H groups in total. The van der Waals surface area contributed by atoms with E-state index in [-0.39, 0.29) is 5.54 Å². The van der Waals surface area contributed by atoms with E-state index in [0.717, 1.165) is 23.4 Å². The molecule has 1 aromatic heterocycles. The summed E-state index contributed by atoms with van der Waals surface area (Å²) < 4.78 is 0. The summed E-state index contributed by atoms with van der Waals surface area (Å²) in [6.45, 7) is 2.83. The van der Waals surface area contributed by atoms with Gasteiger partial charge >= 0.3 is 0 Å². The number of hydrogen-bond acceptors (Lipinski definition) is 2. The SMILES string of the molecule is Cc1ccccc1-c1ccncc1C1(NCc2cc(Cl)ccc2Cl)CC1. The predicted molar refractivity (Wildman–Crippen MR) is 109 cm³/mol. The fourth-order valence-electron chi connectivity index (χ4n) is 3.50. The van der Waals surface area contributed by atoms with Gasteiger partial charge in [-0.2, -0.15) is 0 Å². The molecule has 2 aromatic carbocycles. The lowest BCUT2D eigenvalue weighted by molar-refractivity contribution is 0.518. The van der Waals surface area contributed by atoms with E-state index in [1.807, 2.05) is 30.6 Å². The van der Waals surface area contributed by atoms with Crippen LogP contribution in [0.3, 0.4) is 0 Å². The summed E-state index contributed by atoms with van der Waals surface area (Å²) in [6, 6.07) is 16.2. The largest absolute Gasteiger partial charge is 0.303 e. The first-order valence-electron chi connectivity index (χ1n) is 8.78. The van der Waals surface area contributed by atoms with Crippen molar-refractivity contribution < 1.29 is 0 Å². The van der Waals surface area contributed by atoms with E-state index in [2.05, 4.69) is 47.6 Å². The molecule has 1 fully saturated rings. The average molecular weight is 383 g/mol. The number of hydrogen-bond donors (Lipinski definition) is 1. The molecule has 0 saturated heterocycles. The Morgan fingerprint density at radius 2 is 1.85 bits per heavy atom. The third kappa shape index (κ3) is 3.37. The Morgan fingerprint density at radius 3 is 2.62 bits per heavy atom. The Labute approximate surface area is 164 Å². The van der Waals surface area contributed by atoms with Crippen LogP contribution in [0.5, 0.6) is 0 Å². The van der Waals surface area contributed by atoms with E-state index >= 15 is 0 Å². The van der Waals surface area contributed by atoms with Gasteiger partial charge in [-0.05, 0) is 71.8 Å². The minimum atomic E-state index is -0.0441. The van der Waals surface area contributed by atoms with Crippen molar-refractivity contribution >= 4 is 23.2 Å². The van der Waals surface area contributed by atoms with E-state index in [1.54, 1.807) is 0 Å². The van der Waals surface area contributed by atoms with Crippen LogP contribution in [0.4, 0.5) is 0 Å². The van der Waals surface area contributed by atoms with Gasteiger partial charge < -0.3 is 5.32 Å². The summed E-state index contributed by atoms with van der Waals surface area (Å²) >= 11 is 12.5. The molecule has 0 unspecified atom stereocenters. The fraction of sp³-hybridized carbons (Fsp3) is 0.227. The van der Waals surface area contributed by atoms with Crippen molar-refractivity contribution in [1.82, 2.24) is 10.3 Å². The van der Waals surface area contributed by atoms with Gasteiger partial charge in [-0.25, -0.2) is 0 Å². The fourth-order valence-corrected chi connectivity index (χ4v) is 3.87. The molecule has 0 radical (unpaired) electrons. The Hall–Kier alpha value is -1.87. The standard InChI is InChI=1S/C22H20Cl2N2/c1-15-4-2-3-5-18(15)19-8-11-25-14-20(19)22(9-10-22)26-13-16-12-17(23)6-7-21(16)24/h2-8,11-12,14,26H,9-10,13H2,1H3. The van der Waals surface area contributed by atoms with Crippen LogP contribution in [-0.2, 0) is 12.1 Å². The summed E-state index contributed by atoms with van der Waals surface area (Å²) in [6.07, 6.45) is 6.06. The number of pyridine rings is 1. The third-order valence-corrected chi connectivity index (χ3v) is 5.75. The van der Waals surface area contributed by atoms with Gasteiger partial charge in [0.15, 0.2) is 0 Å². The molecule has 1 aliphatic carbocycles. The molecule has 26 heavy (non-hydrogen) atoms. The monoisotopic (exact) mass is 382 g/mol. The Balaban J connectivity index is 1.66. The summed E-state index contributed by atoms with van der Waals surface area (Å²) in [5, 5.41) is 5.16. The normalized spacial score (nSPS) is 15.0.